The topological polar surface area (TPSA) is 63.9 Å². The molecular formula is C20H17F2N5OS. The van der Waals surface area contributed by atoms with E-state index in [1.165, 1.54) is 11.0 Å². The maximum atomic E-state index is 14.1. The third kappa shape index (κ3) is 4.00. The molecule has 1 aromatic carbocycles. The van der Waals surface area contributed by atoms with Crippen LogP contribution in [-0.2, 0) is 17.9 Å². The fourth-order valence-electron chi connectivity index (χ4n) is 3.05. The van der Waals surface area contributed by atoms with E-state index in [0.717, 1.165) is 34.4 Å². The molecule has 0 N–H and O–H groups in total. The van der Waals surface area contributed by atoms with Crippen molar-refractivity contribution in [2.24, 2.45) is 0 Å². The number of hydrogen-bond acceptors (Lipinski definition) is 5. The third-order valence-electron chi connectivity index (χ3n) is 4.39. The first-order chi connectivity index (χ1) is 13.9. The monoisotopic (exact) mass is 413 g/mol. The molecule has 1 amide bonds. The highest BCUT2D eigenvalue weighted by Crippen LogP contribution is 2.32. The molecule has 9 heteroatoms. The van der Waals surface area contributed by atoms with E-state index in [1.54, 1.807) is 23.1 Å². The van der Waals surface area contributed by atoms with E-state index in [1.807, 2.05) is 26.0 Å². The number of amides is 1. The van der Waals surface area contributed by atoms with Crippen molar-refractivity contribution in [2.75, 3.05) is 4.90 Å². The predicted molar refractivity (Wildman–Crippen MR) is 107 cm³/mol. The average molecular weight is 413 g/mol. The van der Waals surface area contributed by atoms with Gasteiger partial charge in [-0.1, -0.05) is 17.4 Å². The second-order valence-electron chi connectivity index (χ2n) is 6.66. The van der Waals surface area contributed by atoms with E-state index in [0.29, 0.717) is 9.83 Å². The molecule has 0 aliphatic heterocycles. The van der Waals surface area contributed by atoms with Crippen LogP contribution >= 0.6 is 11.3 Å². The Bertz CT molecular complexity index is 1190. The van der Waals surface area contributed by atoms with Crippen LogP contribution in [0.2, 0.25) is 0 Å². The Hall–Kier alpha value is -3.20. The van der Waals surface area contributed by atoms with E-state index < -0.39 is 11.6 Å². The third-order valence-corrected chi connectivity index (χ3v) is 5.41. The number of hydrogen-bond donors (Lipinski definition) is 0. The number of nitrogens with zero attached hydrogens (tertiary/aromatic N) is 5. The number of rotatable bonds is 5. The molecule has 0 radical (unpaired) electrons. The Kier molecular flexibility index (Phi) is 5.06. The molecule has 0 aliphatic rings. The molecule has 0 unspecified atom stereocenters. The zero-order valence-electron chi connectivity index (χ0n) is 15.8. The summed E-state index contributed by atoms with van der Waals surface area (Å²) in [6.07, 6.45) is 3.29. The van der Waals surface area contributed by atoms with Gasteiger partial charge in [0, 0.05) is 24.2 Å². The zero-order valence-corrected chi connectivity index (χ0v) is 16.6. The first-order valence-electron chi connectivity index (χ1n) is 8.86. The summed E-state index contributed by atoms with van der Waals surface area (Å²) in [5.74, 6) is -1.70. The lowest BCUT2D eigenvalue weighted by Gasteiger charge is -2.20. The van der Waals surface area contributed by atoms with Crippen molar-refractivity contribution in [1.82, 2.24) is 19.7 Å². The minimum absolute atomic E-state index is 0.00665. The van der Waals surface area contributed by atoms with Crippen LogP contribution in [0, 0.1) is 25.5 Å². The Morgan fingerprint density at radius 1 is 1.24 bits per heavy atom. The van der Waals surface area contributed by atoms with Gasteiger partial charge in [0.15, 0.2) is 10.9 Å². The van der Waals surface area contributed by atoms with Crippen LogP contribution in [-0.4, -0.2) is 25.7 Å². The van der Waals surface area contributed by atoms with Gasteiger partial charge in [-0.3, -0.25) is 19.4 Å². The maximum Gasteiger partial charge on any atom is 0.250 e. The number of carbonyl (C=O) groups excluding carboxylic acids is 1. The lowest BCUT2D eigenvalue weighted by atomic mass is 10.2. The number of carbonyl (C=O) groups is 1. The van der Waals surface area contributed by atoms with Crippen molar-refractivity contribution in [2.45, 2.75) is 26.9 Å². The molecule has 0 atom stereocenters. The smallest absolute Gasteiger partial charge is 0.250 e. The number of halogens is 2. The first kappa shape index (κ1) is 19.1. The van der Waals surface area contributed by atoms with Crippen LogP contribution in [0.4, 0.5) is 13.9 Å². The molecule has 4 aromatic rings. The Morgan fingerprint density at radius 3 is 2.76 bits per heavy atom. The van der Waals surface area contributed by atoms with Gasteiger partial charge in [-0.2, -0.15) is 5.10 Å². The Morgan fingerprint density at radius 2 is 2.07 bits per heavy atom. The van der Waals surface area contributed by atoms with Crippen LogP contribution in [0.1, 0.15) is 17.0 Å². The quantitative estimate of drug-likeness (QED) is 0.496. The van der Waals surface area contributed by atoms with E-state index in [9.17, 15) is 13.6 Å². The average Bonchev–Trinajstić information content (AvgIpc) is 3.23. The molecule has 0 aliphatic carbocycles. The fourth-order valence-corrected chi connectivity index (χ4v) is 4.07. The van der Waals surface area contributed by atoms with Gasteiger partial charge in [-0.05, 0) is 37.6 Å². The molecule has 0 fully saturated rings. The zero-order chi connectivity index (χ0) is 20.5. The molecule has 0 saturated carbocycles. The van der Waals surface area contributed by atoms with Gasteiger partial charge in [-0.15, -0.1) is 0 Å². The number of fused-ring (bicyclic) bond motifs is 1. The van der Waals surface area contributed by atoms with Crippen molar-refractivity contribution in [3.63, 3.8) is 0 Å². The van der Waals surface area contributed by atoms with Gasteiger partial charge in [0.25, 0.3) is 5.91 Å². The molecule has 0 spiro atoms. The predicted octanol–water partition coefficient (Wildman–Crippen LogP) is 4.02. The molecule has 3 heterocycles. The molecule has 3 aromatic heterocycles. The van der Waals surface area contributed by atoms with E-state index >= 15 is 0 Å². The summed E-state index contributed by atoms with van der Waals surface area (Å²) in [4.78, 5) is 23.0. The summed E-state index contributed by atoms with van der Waals surface area (Å²) < 4.78 is 29.7. The van der Waals surface area contributed by atoms with Gasteiger partial charge in [-0.25, -0.2) is 13.8 Å². The molecular weight excluding hydrogens is 396 g/mol. The molecule has 0 saturated heterocycles. The van der Waals surface area contributed by atoms with E-state index in [-0.39, 0.29) is 24.5 Å². The SMILES string of the molecule is Cc1cc(C)n(CC(=O)N(Cc2cccnc2)c2nc3c(F)cc(F)cc3s2)n1. The number of benzene rings is 1. The summed E-state index contributed by atoms with van der Waals surface area (Å²) in [5, 5.41) is 4.62. The maximum absolute atomic E-state index is 14.1. The second-order valence-corrected chi connectivity index (χ2v) is 7.67. The highest BCUT2D eigenvalue weighted by molar-refractivity contribution is 7.22. The molecule has 148 valence electrons. The summed E-state index contributed by atoms with van der Waals surface area (Å²) >= 11 is 1.07. The Labute approximate surface area is 169 Å². The van der Waals surface area contributed by atoms with Crippen molar-refractivity contribution < 1.29 is 13.6 Å². The summed E-state index contributed by atoms with van der Waals surface area (Å²) in [5.41, 5.74) is 2.50. The minimum Gasteiger partial charge on any atom is -0.282 e. The van der Waals surface area contributed by atoms with Crippen LogP contribution in [0.3, 0.4) is 0 Å². The standard InChI is InChI=1S/C20H17F2N5OS/c1-12-6-13(2)27(25-12)11-18(28)26(10-14-4-3-5-23-9-14)20-24-19-16(22)7-15(21)8-17(19)29-20/h3-9H,10-11H2,1-2H3. The van der Waals surface area contributed by atoms with Gasteiger partial charge in [0.2, 0.25) is 0 Å². The molecule has 29 heavy (non-hydrogen) atoms. The van der Waals surface area contributed by atoms with Crippen molar-refractivity contribution in [3.05, 3.63) is 71.3 Å². The fraction of sp³-hybridized carbons (Fsp3) is 0.200. The minimum atomic E-state index is -0.755. The normalized spacial score (nSPS) is 11.2. The number of aromatic nitrogens is 4. The highest BCUT2D eigenvalue weighted by Gasteiger charge is 2.23. The van der Waals surface area contributed by atoms with Crippen molar-refractivity contribution >= 4 is 32.6 Å². The first-order valence-corrected chi connectivity index (χ1v) is 9.68. The summed E-state index contributed by atoms with van der Waals surface area (Å²) in [6.45, 7) is 3.93. The van der Waals surface area contributed by atoms with E-state index in [2.05, 4.69) is 15.1 Å². The molecule has 4 rings (SSSR count). The van der Waals surface area contributed by atoms with Crippen molar-refractivity contribution in [3.8, 4) is 0 Å². The lowest BCUT2D eigenvalue weighted by Crippen LogP contribution is -2.34. The second kappa shape index (κ2) is 7.67. The largest absolute Gasteiger partial charge is 0.282 e. The van der Waals surface area contributed by atoms with Gasteiger partial charge in [0.05, 0.1) is 16.9 Å². The van der Waals surface area contributed by atoms with Gasteiger partial charge in [0.1, 0.15) is 17.9 Å². The van der Waals surface area contributed by atoms with Crippen molar-refractivity contribution in [1.29, 1.82) is 0 Å². The molecule has 6 nitrogen and oxygen atoms in total. The number of aryl methyl sites for hydroxylation is 2. The highest BCUT2D eigenvalue weighted by atomic mass is 32.1. The number of thiazole rings is 1. The van der Waals surface area contributed by atoms with Gasteiger partial charge >= 0.3 is 0 Å². The number of pyridine rings is 1. The summed E-state index contributed by atoms with van der Waals surface area (Å²) in [7, 11) is 0. The van der Waals surface area contributed by atoms with E-state index in [4.69, 9.17) is 0 Å². The van der Waals surface area contributed by atoms with Crippen LogP contribution in [0.5, 0.6) is 0 Å². The lowest BCUT2D eigenvalue weighted by molar-refractivity contribution is -0.119. The Balaban J connectivity index is 1.72. The van der Waals surface area contributed by atoms with Gasteiger partial charge < -0.3 is 0 Å². The number of anilines is 1. The summed E-state index contributed by atoms with van der Waals surface area (Å²) in [6, 6.07) is 7.49. The van der Waals surface area contributed by atoms with Crippen LogP contribution in [0.25, 0.3) is 10.2 Å². The van der Waals surface area contributed by atoms with Crippen LogP contribution in [0.15, 0.2) is 42.7 Å². The van der Waals surface area contributed by atoms with Crippen LogP contribution < -0.4 is 4.90 Å². The molecule has 0 bridgehead atoms.